The van der Waals surface area contributed by atoms with Gasteiger partial charge in [0.2, 0.25) is 11.8 Å². The average molecular weight is 263 g/mol. The molecule has 1 aromatic heterocycles. The molecule has 2 heterocycles. The second kappa shape index (κ2) is 6.52. The van der Waals surface area contributed by atoms with Gasteiger partial charge in [0.15, 0.2) is 0 Å². The third kappa shape index (κ3) is 3.23. The zero-order valence-electron chi connectivity index (χ0n) is 11.6. The van der Waals surface area contributed by atoms with Crippen molar-refractivity contribution in [2.45, 2.75) is 32.4 Å². The van der Waals surface area contributed by atoms with Crippen LogP contribution in [0.2, 0.25) is 0 Å². The van der Waals surface area contributed by atoms with Crippen molar-refractivity contribution in [2.24, 2.45) is 0 Å². The van der Waals surface area contributed by atoms with Crippen molar-refractivity contribution in [3.8, 4) is 5.88 Å². The predicted octanol–water partition coefficient (Wildman–Crippen LogP) is 1.19. The second-order valence-corrected chi connectivity index (χ2v) is 4.71. The van der Waals surface area contributed by atoms with Crippen LogP contribution in [0.1, 0.15) is 25.3 Å². The van der Waals surface area contributed by atoms with Gasteiger partial charge in [-0.3, -0.25) is 9.69 Å². The number of aromatic nitrogens is 1. The van der Waals surface area contributed by atoms with Crippen LogP contribution >= 0.6 is 0 Å². The molecule has 2 rings (SSSR count). The van der Waals surface area contributed by atoms with Crippen molar-refractivity contribution in [3.63, 3.8) is 0 Å². The van der Waals surface area contributed by atoms with Crippen molar-refractivity contribution < 1.29 is 9.53 Å². The first-order valence-electron chi connectivity index (χ1n) is 6.76. The largest absolute Gasteiger partial charge is 0.481 e. The normalized spacial score (nSPS) is 20.7. The Hall–Kier alpha value is -1.62. The molecule has 1 aliphatic heterocycles. The molecule has 0 saturated carbocycles. The van der Waals surface area contributed by atoms with Gasteiger partial charge in [-0.25, -0.2) is 4.98 Å². The van der Waals surface area contributed by atoms with E-state index in [1.807, 2.05) is 19.1 Å². The zero-order chi connectivity index (χ0) is 13.7. The summed E-state index contributed by atoms with van der Waals surface area (Å²) in [4.78, 5) is 18.4. The number of pyridine rings is 1. The summed E-state index contributed by atoms with van der Waals surface area (Å²) in [5, 5.41) is 2.96. The third-order valence-electron chi connectivity index (χ3n) is 3.47. The zero-order valence-corrected chi connectivity index (χ0v) is 11.6. The molecule has 1 N–H and O–H groups in total. The number of carbonyl (C=O) groups excluding carboxylic acids is 1. The van der Waals surface area contributed by atoms with Crippen LogP contribution in [0.5, 0.6) is 5.88 Å². The highest BCUT2D eigenvalue weighted by Crippen LogP contribution is 2.19. The molecule has 0 bridgehead atoms. The first kappa shape index (κ1) is 13.8. The molecule has 19 heavy (non-hydrogen) atoms. The number of hydrogen-bond donors (Lipinski definition) is 1. The number of nitrogens with one attached hydrogen (secondary N) is 1. The predicted molar refractivity (Wildman–Crippen MR) is 72.9 cm³/mol. The van der Waals surface area contributed by atoms with Crippen LogP contribution in [0.4, 0.5) is 0 Å². The van der Waals surface area contributed by atoms with Gasteiger partial charge < -0.3 is 10.1 Å². The number of methoxy groups -OCH3 is 1. The first-order valence-corrected chi connectivity index (χ1v) is 6.76. The fraction of sp³-hybridized carbons (Fsp3) is 0.571. The Morgan fingerprint density at radius 2 is 2.42 bits per heavy atom. The molecule has 0 aromatic carbocycles. The van der Waals surface area contributed by atoms with E-state index in [0.29, 0.717) is 12.4 Å². The van der Waals surface area contributed by atoms with Crippen molar-refractivity contribution >= 4 is 5.91 Å². The maximum atomic E-state index is 12.0. The minimum Gasteiger partial charge on any atom is -0.481 e. The van der Waals surface area contributed by atoms with Crippen LogP contribution in [0.15, 0.2) is 18.3 Å². The van der Waals surface area contributed by atoms with Crippen molar-refractivity contribution in [3.05, 3.63) is 23.9 Å². The molecule has 104 valence electrons. The topological polar surface area (TPSA) is 54.5 Å². The summed E-state index contributed by atoms with van der Waals surface area (Å²) in [6, 6.07) is 3.84. The molecule has 1 saturated heterocycles. The Bertz CT molecular complexity index is 436. The molecule has 1 aliphatic rings. The van der Waals surface area contributed by atoms with Gasteiger partial charge in [-0.05, 0) is 18.9 Å². The van der Waals surface area contributed by atoms with Crippen LogP contribution in [-0.4, -0.2) is 42.0 Å². The van der Waals surface area contributed by atoms with Gasteiger partial charge >= 0.3 is 0 Å². The second-order valence-electron chi connectivity index (χ2n) is 4.71. The van der Waals surface area contributed by atoms with Crippen molar-refractivity contribution in [2.75, 3.05) is 20.2 Å². The first-order chi connectivity index (χ1) is 9.26. The van der Waals surface area contributed by atoms with Crippen LogP contribution in [-0.2, 0) is 11.3 Å². The highest BCUT2D eigenvalue weighted by Gasteiger charge is 2.27. The number of nitrogens with zero attached hydrogens (tertiary/aromatic N) is 2. The van der Waals surface area contributed by atoms with Crippen molar-refractivity contribution in [1.82, 2.24) is 15.2 Å². The van der Waals surface area contributed by atoms with E-state index in [2.05, 4.69) is 15.2 Å². The summed E-state index contributed by atoms with van der Waals surface area (Å²) in [6.07, 6.45) is 3.51. The van der Waals surface area contributed by atoms with Crippen LogP contribution in [0, 0.1) is 0 Å². The fourth-order valence-electron chi connectivity index (χ4n) is 2.51. The van der Waals surface area contributed by atoms with E-state index in [-0.39, 0.29) is 11.9 Å². The van der Waals surface area contributed by atoms with Gasteiger partial charge in [-0.1, -0.05) is 13.0 Å². The third-order valence-corrected chi connectivity index (χ3v) is 3.47. The van der Waals surface area contributed by atoms with Crippen LogP contribution in [0.25, 0.3) is 0 Å². The van der Waals surface area contributed by atoms with Gasteiger partial charge in [-0.2, -0.15) is 0 Å². The molecular formula is C14H21N3O2. The van der Waals surface area contributed by atoms with Crippen LogP contribution < -0.4 is 10.1 Å². The molecule has 0 spiro atoms. The Morgan fingerprint density at radius 3 is 3.16 bits per heavy atom. The molecule has 5 nitrogen and oxygen atoms in total. The summed E-state index contributed by atoms with van der Waals surface area (Å²) < 4.78 is 5.28. The van der Waals surface area contributed by atoms with Gasteiger partial charge in [0.25, 0.3) is 0 Å². The lowest BCUT2D eigenvalue weighted by molar-refractivity contribution is -0.125. The van der Waals surface area contributed by atoms with E-state index in [4.69, 9.17) is 4.74 Å². The smallest absolute Gasteiger partial charge is 0.237 e. The Labute approximate surface area is 114 Å². The van der Waals surface area contributed by atoms with Gasteiger partial charge in [0.05, 0.1) is 13.2 Å². The van der Waals surface area contributed by atoms with E-state index >= 15 is 0 Å². The molecule has 1 aromatic rings. The fourth-order valence-corrected chi connectivity index (χ4v) is 2.51. The number of hydrogen-bond acceptors (Lipinski definition) is 4. The monoisotopic (exact) mass is 263 g/mol. The average Bonchev–Trinajstić information content (AvgIpc) is 2.61. The van der Waals surface area contributed by atoms with E-state index in [1.54, 1.807) is 13.3 Å². The number of amides is 1. The lowest BCUT2D eigenvalue weighted by Gasteiger charge is -2.27. The lowest BCUT2D eigenvalue weighted by atomic mass is 10.1. The minimum atomic E-state index is -0.0626. The number of rotatable bonds is 4. The van der Waals surface area contributed by atoms with Crippen molar-refractivity contribution in [1.29, 1.82) is 0 Å². The summed E-state index contributed by atoms with van der Waals surface area (Å²) in [5.74, 6) is 0.768. The number of ether oxygens (including phenoxy) is 1. The van der Waals surface area contributed by atoms with E-state index in [0.717, 1.165) is 31.5 Å². The molecule has 0 unspecified atom stereocenters. The minimum absolute atomic E-state index is 0.0626. The van der Waals surface area contributed by atoms with Gasteiger partial charge in [0, 0.05) is 31.4 Å². The highest BCUT2D eigenvalue weighted by molar-refractivity contribution is 5.81. The Kier molecular flexibility index (Phi) is 4.74. The molecular weight excluding hydrogens is 242 g/mol. The van der Waals surface area contributed by atoms with E-state index in [9.17, 15) is 4.79 Å². The summed E-state index contributed by atoms with van der Waals surface area (Å²) in [7, 11) is 1.62. The maximum absolute atomic E-state index is 12.0. The molecule has 0 aliphatic carbocycles. The van der Waals surface area contributed by atoms with E-state index in [1.165, 1.54) is 0 Å². The number of carbonyl (C=O) groups is 1. The summed E-state index contributed by atoms with van der Waals surface area (Å²) >= 11 is 0. The molecule has 5 heteroatoms. The summed E-state index contributed by atoms with van der Waals surface area (Å²) in [5.41, 5.74) is 1.03. The Balaban J connectivity index is 2.17. The van der Waals surface area contributed by atoms with Gasteiger partial charge in [-0.15, -0.1) is 0 Å². The maximum Gasteiger partial charge on any atom is 0.237 e. The molecule has 1 amide bonds. The standard InChI is InChI=1S/C14H21N3O2/c1-3-12-13(18)15-8-5-9-17(12)10-11-6-4-7-16-14(11)19-2/h4,6-7,12H,3,5,8-10H2,1-2H3,(H,15,18)/t12-/m0/s1. The van der Waals surface area contributed by atoms with E-state index < -0.39 is 0 Å². The SMILES string of the molecule is CC[C@H]1C(=O)NCCCN1Cc1cccnc1OC. The quantitative estimate of drug-likeness (QED) is 0.886. The summed E-state index contributed by atoms with van der Waals surface area (Å²) in [6.45, 7) is 4.41. The molecule has 1 atom stereocenters. The van der Waals surface area contributed by atoms with Crippen LogP contribution in [0.3, 0.4) is 0 Å². The van der Waals surface area contributed by atoms with Gasteiger partial charge in [0.1, 0.15) is 0 Å². The molecule has 1 fully saturated rings. The highest BCUT2D eigenvalue weighted by atomic mass is 16.5. The Morgan fingerprint density at radius 1 is 1.58 bits per heavy atom. The lowest BCUT2D eigenvalue weighted by Crippen LogP contribution is -2.43. The molecule has 0 radical (unpaired) electrons.